The average Bonchev–Trinajstić information content (AvgIpc) is 3.91. The van der Waals surface area contributed by atoms with Crippen LogP contribution in [0.25, 0.3) is 64.7 Å². The van der Waals surface area contributed by atoms with Crippen LogP contribution >= 0.6 is 11.3 Å². The molecule has 2 aliphatic rings. The van der Waals surface area contributed by atoms with E-state index in [1.54, 1.807) is 0 Å². The van der Waals surface area contributed by atoms with Crippen molar-refractivity contribution in [1.29, 1.82) is 0 Å². The maximum Gasteiger partial charge on any atom is 0.0726 e. The number of thiophene rings is 1. The summed E-state index contributed by atoms with van der Waals surface area (Å²) in [4.78, 5) is 2.54. The molecule has 0 amide bonds. The van der Waals surface area contributed by atoms with E-state index in [0.29, 0.717) is 0 Å². The highest BCUT2D eigenvalue weighted by atomic mass is 32.1. The molecule has 0 aliphatic heterocycles. The van der Waals surface area contributed by atoms with Crippen LogP contribution in [0.3, 0.4) is 0 Å². The summed E-state index contributed by atoms with van der Waals surface area (Å²) < 4.78 is 2.59. The molecule has 0 unspecified atom stereocenters. The summed E-state index contributed by atoms with van der Waals surface area (Å²) in [5.74, 6) is 0. The molecule has 0 saturated heterocycles. The van der Waals surface area contributed by atoms with Crippen molar-refractivity contribution in [3.8, 4) is 44.5 Å². The third-order valence-electron chi connectivity index (χ3n) is 12.3. The van der Waals surface area contributed by atoms with Crippen molar-refractivity contribution < 1.29 is 0 Å². The highest BCUT2D eigenvalue weighted by Crippen LogP contribution is 2.66. The van der Waals surface area contributed by atoms with Gasteiger partial charge in [-0.3, -0.25) is 0 Å². The second-order valence-corrected chi connectivity index (χ2v) is 16.3. The van der Waals surface area contributed by atoms with Gasteiger partial charge in [0, 0.05) is 37.1 Å². The van der Waals surface area contributed by atoms with Crippen LogP contribution in [0.15, 0.2) is 212 Å². The Morgan fingerprint density at radius 3 is 1.54 bits per heavy atom. The predicted molar refractivity (Wildman–Crippen MR) is 241 cm³/mol. The summed E-state index contributed by atoms with van der Waals surface area (Å²) in [7, 11) is 0. The SMILES string of the molecule is c1ccc(-c2ccc(N(c3ccccc3)c3c4c(cc5sc6ccccc6c35)C3(c5ccccc5-c5ccccc53)c3ccc(-c5ccccc5)cc3-4)cc2)cc1. The van der Waals surface area contributed by atoms with Gasteiger partial charge in [-0.05, 0) is 104 Å². The van der Waals surface area contributed by atoms with Crippen molar-refractivity contribution in [3.05, 3.63) is 235 Å². The van der Waals surface area contributed by atoms with Crippen LogP contribution in [-0.4, -0.2) is 0 Å². The summed E-state index contributed by atoms with van der Waals surface area (Å²) >= 11 is 1.91. The average molecular weight is 742 g/mol. The molecule has 12 rings (SSSR count). The van der Waals surface area contributed by atoms with Gasteiger partial charge in [0.2, 0.25) is 0 Å². The monoisotopic (exact) mass is 741 g/mol. The zero-order chi connectivity index (χ0) is 37.5. The lowest BCUT2D eigenvalue weighted by molar-refractivity contribution is 0.795. The van der Waals surface area contributed by atoms with Crippen LogP contribution in [0.4, 0.5) is 17.1 Å². The molecule has 0 fully saturated rings. The number of nitrogens with zero attached hydrogens (tertiary/aromatic N) is 1. The van der Waals surface area contributed by atoms with Crippen molar-refractivity contribution in [2.24, 2.45) is 0 Å². The second kappa shape index (κ2) is 12.5. The molecule has 0 N–H and O–H groups in total. The maximum atomic E-state index is 2.56. The Morgan fingerprint density at radius 2 is 0.860 bits per heavy atom. The van der Waals surface area contributed by atoms with Gasteiger partial charge in [0.1, 0.15) is 0 Å². The molecule has 1 aromatic heterocycles. The largest absolute Gasteiger partial charge is 0.309 e. The molecule has 0 radical (unpaired) electrons. The predicted octanol–water partition coefficient (Wildman–Crippen LogP) is 15.2. The number of rotatable bonds is 5. The van der Waals surface area contributed by atoms with Gasteiger partial charge >= 0.3 is 0 Å². The first-order chi connectivity index (χ1) is 28.3. The normalized spacial score (nSPS) is 13.1. The number of hydrogen-bond donors (Lipinski definition) is 0. The molecular formula is C55H35NS. The first-order valence-corrected chi connectivity index (χ1v) is 20.5. The third-order valence-corrected chi connectivity index (χ3v) is 13.4. The zero-order valence-corrected chi connectivity index (χ0v) is 31.9. The highest BCUT2D eigenvalue weighted by molar-refractivity contribution is 7.26. The van der Waals surface area contributed by atoms with Crippen LogP contribution in [0, 0.1) is 0 Å². The number of hydrogen-bond acceptors (Lipinski definition) is 2. The minimum atomic E-state index is -0.494. The first-order valence-electron chi connectivity index (χ1n) is 19.7. The van der Waals surface area contributed by atoms with Gasteiger partial charge in [-0.25, -0.2) is 0 Å². The van der Waals surface area contributed by atoms with E-state index in [-0.39, 0.29) is 0 Å². The minimum absolute atomic E-state index is 0.494. The van der Waals surface area contributed by atoms with Gasteiger partial charge < -0.3 is 4.90 Å². The van der Waals surface area contributed by atoms with E-state index >= 15 is 0 Å². The van der Waals surface area contributed by atoms with Crippen LogP contribution in [-0.2, 0) is 5.41 Å². The van der Waals surface area contributed by atoms with E-state index in [1.165, 1.54) is 92.6 Å². The van der Waals surface area contributed by atoms with E-state index in [9.17, 15) is 0 Å². The molecule has 2 aliphatic carbocycles. The first kappa shape index (κ1) is 32.3. The summed E-state index contributed by atoms with van der Waals surface area (Å²) in [6.07, 6.45) is 0. The standard InChI is InChI=1S/C55H35NS/c1-4-16-36(17-5-1)38-28-31-41(32-29-38)56(40-20-8-3-9-21-40)54-52-45-34-39(37-18-6-2-7-19-37)30-33-48(45)55(46-25-13-10-22-42(46)43-23-11-14-26-47(43)55)49(52)35-51-53(54)44-24-12-15-27-50(44)57-51/h1-35H. The number of anilines is 3. The molecule has 0 saturated carbocycles. The Kier molecular flexibility index (Phi) is 7.08. The lowest BCUT2D eigenvalue weighted by Gasteiger charge is -2.32. The second-order valence-electron chi connectivity index (χ2n) is 15.2. The van der Waals surface area contributed by atoms with E-state index in [0.717, 1.165) is 11.4 Å². The van der Waals surface area contributed by atoms with Crippen LogP contribution in [0.2, 0.25) is 0 Å². The fourth-order valence-corrected chi connectivity index (χ4v) is 11.1. The van der Waals surface area contributed by atoms with Gasteiger partial charge in [0.25, 0.3) is 0 Å². The van der Waals surface area contributed by atoms with Gasteiger partial charge in [0.15, 0.2) is 0 Å². The molecule has 10 aromatic rings. The quantitative estimate of drug-likeness (QED) is 0.170. The smallest absolute Gasteiger partial charge is 0.0726 e. The third kappa shape index (κ3) is 4.62. The molecule has 1 nitrogen and oxygen atoms in total. The van der Waals surface area contributed by atoms with Gasteiger partial charge in [-0.1, -0.05) is 170 Å². The van der Waals surface area contributed by atoms with Crippen molar-refractivity contribution in [2.75, 3.05) is 4.90 Å². The molecule has 0 bridgehead atoms. The molecule has 2 heteroatoms. The Bertz CT molecular complexity index is 3120. The lowest BCUT2D eigenvalue weighted by atomic mass is 9.70. The molecule has 0 atom stereocenters. The van der Waals surface area contributed by atoms with Gasteiger partial charge in [-0.2, -0.15) is 0 Å². The van der Waals surface area contributed by atoms with Crippen molar-refractivity contribution in [3.63, 3.8) is 0 Å². The van der Waals surface area contributed by atoms with Gasteiger partial charge in [-0.15, -0.1) is 11.3 Å². The number of fused-ring (bicyclic) bond motifs is 13. The fourth-order valence-electron chi connectivity index (χ4n) is 9.92. The van der Waals surface area contributed by atoms with Crippen molar-refractivity contribution >= 4 is 48.6 Å². The van der Waals surface area contributed by atoms with E-state index in [2.05, 4.69) is 217 Å². The Balaban J connectivity index is 1.26. The van der Waals surface area contributed by atoms with Crippen molar-refractivity contribution in [1.82, 2.24) is 0 Å². The lowest BCUT2D eigenvalue weighted by Crippen LogP contribution is -2.26. The Morgan fingerprint density at radius 1 is 0.351 bits per heavy atom. The molecule has 266 valence electrons. The van der Waals surface area contributed by atoms with E-state index < -0.39 is 5.41 Å². The van der Waals surface area contributed by atoms with Crippen LogP contribution in [0.5, 0.6) is 0 Å². The zero-order valence-electron chi connectivity index (χ0n) is 31.1. The molecule has 1 heterocycles. The minimum Gasteiger partial charge on any atom is -0.309 e. The van der Waals surface area contributed by atoms with Crippen LogP contribution in [0.1, 0.15) is 22.3 Å². The summed E-state index contributed by atoms with van der Waals surface area (Å²) in [5, 5.41) is 2.57. The molecule has 9 aromatic carbocycles. The molecule has 57 heavy (non-hydrogen) atoms. The topological polar surface area (TPSA) is 3.24 Å². The summed E-state index contributed by atoms with van der Waals surface area (Å²) in [6, 6.07) is 78.7. The summed E-state index contributed by atoms with van der Waals surface area (Å²) in [6.45, 7) is 0. The molecular weight excluding hydrogens is 707 g/mol. The van der Waals surface area contributed by atoms with Crippen LogP contribution < -0.4 is 4.90 Å². The fraction of sp³-hybridized carbons (Fsp3) is 0.0182. The van der Waals surface area contributed by atoms with E-state index in [1.807, 2.05) is 11.3 Å². The maximum absolute atomic E-state index is 2.56. The van der Waals surface area contributed by atoms with Gasteiger partial charge in [0.05, 0.1) is 11.1 Å². The number of para-hydroxylation sites is 1. The van der Waals surface area contributed by atoms with Crippen molar-refractivity contribution in [2.45, 2.75) is 5.41 Å². The Hall–Kier alpha value is -7.00. The number of benzene rings is 9. The Labute approximate surface area is 336 Å². The highest BCUT2D eigenvalue weighted by Gasteiger charge is 2.53. The molecule has 1 spiro atoms. The summed E-state index contributed by atoms with van der Waals surface area (Å²) in [5.41, 5.74) is 18.4. The van der Waals surface area contributed by atoms with E-state index in [4.69, 9.17) is 0 Å².